The van der Waals surface area contributed by atoms with Gasteiger partial charge in [-0.25, -0.2) is 9.97 Å². The SMILES string of the molecule is CN(C)CCNc1nc2cc(Cl)ccc2c2nc3ccccc3n12. The summed E-state index contributed by atoms with van der Waals surface area (Å²) in [5.74, 6) is 0.787. The minimum absolute atomic E-state index is 0.676. The van der Waals surface area contributed by atoms with Crippen LogP contribution in [-0.2, 0) is 0 Å². The van der Waals surface area contributed by atoms with Gasteiger partial charge in [-0.1, -0.05) is 23.7 Å². The van der Waals surface area contributed by atoms with Crippen LogP contribution in [0.4, 0.5) is 5.95 Å². The minimum atomic E-state index is 0.676. The molecule has 0 aliphatic heterocycles. The van der Waals surface area contributed by atoms with Crippen LogP contribution in [0.1, 0.15) is 0 Å². The molecular formula is C18H18ClN5. The lowest BCUT2D eigenvalue weighted by Gasteiger charge is -2.13. The molecule has 6 heteroatoms. The molecule has 2 aromatic carbocycles. The standard InChI is InChI=1S/C18H18ClN5/c1-23(2)10-9-20-18-22-15-11-12(19)7-8-13(15)17-21-14-5-3-4-6-16(14)24(17)18/h3-8,11H,9-10H2,1-2H3,(H,20,22). The Balaban J connectivity index is 1.98. The number of benzene rings is 2. The van der Waals surface area contributed by atoms with Crippen LogP contribution < -0.4 is 5.32 Å². The number of hydrogen-bond acceptors (Lipinski definition) is 4. The highest BCUT2D eigenvalue weighted by Crippen LogP contribution is 2.28. The summed E-state index contributed by atoms with van der Waals surface area (Å²) in [6.07, 6.45) is 0. The number of nitrogens with zero attached hydrogens (tertiary/aromatic N) is 4. The predicted octanol–water partition coefficient (Wildman–Crippen LogP) is 3.66. The number of aromatic nitrogens is 3. The van der Waals surface area contributed by atoms with Gasteiger partial charge in [0.2, 0.25) is 5.95 Å². The van der Waals surface area contributed by atoms with E-state index in [1.807, 2.05) is 36.4 Å². The van der Waals surface area contributed by atoms with Crippen molar-refractivity contribution < 1.29 is 0 Å². The number of halogens is 1. The number of nitrogens with one attached hydrogen (secondary N) is 1. The molecule has 4 rings (SSSR count). The van der Waals surface area contributed by atoms with Gasteiger partial charge in [0.05, 0.1) is 16.6 Å². The zero-order valence-corrected chi connectivity index (χ0v) is 14.4. The first-order valence-corrected chi connectivity index (χ1v) is 8.26. The second-order valence-corrected chi connectivity index (χ2v) is 6.52. The molecule has 24 heavy (non-hydrogen) atoms. The molecule has 0 unspecified atom stereocenters. The Morgan fingerprint density at radius 1 is 1.08 bits per heavy atom. The third-order valence-corrected chi connectivity index (χ3v) is 4.28. The van der Waals surface area contributed by atoms with Crippen LogP contribution in [0.3, 0.4) is 0 Å². The Labute approximate surface area is 144 Å². The number of likely N-dealkylation sites (N-methyl/N-ethyl adjacent to an activating group) is 1. The molecule has 2 aromatic heterocycles. The second kappa shape index (κ2) is 5.92. The molecule has 0 spiro atoms. The van der Waals surface area contributed by atoms with Crippen molar-refractivity contribution >= 4 is 45.1 Å². The van der Waals surface area contributed by atoms with Crippen molar-refractivity contribution in [3.05, 3.63) is 47.5 Å². The minimum Gasteiger partial charge on any atom is -0.354 e. The molecule has 0 saturated carbocycles. The van der Waals surface area contributed by atoms with Crippen molar-refractivity contribution in [1.82, 2.24) is 19.3 Å². The Morgan fingerprint density at radius 3 is 2.75 bits per heavy atom. The normalized spacial score (nSPS) is 11.8. The molecule has 2 heterocycles. The number of rotatable bonds is 4. The Morgan fingerprint density at radius 2 is 1.92 bits per heavy atom. The van der Waals surface area contributed by atoms with Crippen molar-refractivity contribution in [2.24, 2.45) is 0 Å². The average Bonchev–Trinajstić information content (AvgIpc) is 2.94. The molecule has 4 aromatic rings. The summed E-state index contributed by atoms with van der Waals surface area (Å²) < 4.78 is 2.08. The maximum atomic E-state index is 6.15. The summed E-state index contributed by atoms with van der Waals surface area (Å²) in [4.78, 5) is 11.7. The first-order valence-electron chi connectivity index (χ1n) is 7.88. The zero-order chi connectivity index (χ0) is 16.7. The first-order chi connectivity index (χ1) is 11.6. The van der Waals surface area contributed by atoms with E-state index in [9.17, 15) is 0 Å². The Kier molecular flexibility index (Phi) is 3.75. The van der Waals surface area contributed by atoms with Gasteiger partial charge >= 0.3 is 0 Å². The second-order valence-electron chi connectivity index (χ2n) is 6.09. The predicted molar refractivity (Wildman–Crippen MR) is 100 cm³/mol. The summed E-state index contributed by atoms with van der Waals surface area (Å²) in [6, 6.07) is 13.9. The van der Waals surface area contributed by atoms with E-state index in [4.69, 9.17) is 21.6 Å². The molecular weight excluding hydrogens is 322 g/mol. The maximum absolute atomic E-state index is 6.15. The van der Waals surface area contributed by atoms with Crippen molar-refractivity contribution in [3.8, 4) is 0 Å². The van der Waals surface area contributed by atoms with Gasteiger partial charge in [-0.2, -0.15) is 0 Å². The highest BCUT2D eigenvalue weighted by Gasteiger charge is 2.13. The van der Waals surface area contributed by atoms with Crippen LogP contribution in [0.15, 0.2) is 42.5 Å². The van der Waals surface area contributed by atoms with Gasteiger partial charge < -0.3 is 10.2 Å². The smallest absolute Gasteiger partial charge is 0.209 e. The number of para-hydroxylation sites is 2. The van der Waals surface area contributed by atoms with E-state index < -0.39 is 0 Å². The van der Waals surface area contributed by atoms with Crippen molar-refractivity contribution in [3.63, 3.8) is 0 Å². The fourth-order valence-corrected chi connectivity index (χ4v) is 3.05. The fraction of sp³-hybridized carbons (Fsp3) is 0.222. The third-order valence-electron chi connectivity index (χ3n) is 4.04. The van der Waals surface area contributed by atoms with Gasteiger partial charge in [-0.05, 0) is 44.4 Å². The van der Waals surface area contributed by atoms with Gasteiger partial charge in [-0.15, -0.1) is 0 Å². The number of imidazole rings is 1. The van der Waals surface area contributed by atoms with E-state index in [1.54, 1.807) is 0 Å². The highest BCUT2D eigenvalue weighted by molar-refractivity contribution is 6.31. The molecule has 1 N–H and O–H groups in total. The van der Waals surface area contributed by atoms with E-state index in [-0.39, 0.29) is 0 Å². The molecule has 122 valence electrons. The summed E-state index contributed by atoms with van der Waals surface area (Å²) >= 11 is 6.15. The Hall–Kier alpha value is -2.37. The van der Waals surface area contributed by atoms with Gasteiger partial charge in [0, 0.05) is 23.5 Å². The molecule has 0 bridgehead atoms. The maximum Gasteiger partial charge on any atom is 0.209 e. The van der Waals surface area contributed by atoms with E-state index in [0.29, 0.717) is 5.02 Å². The summed E-state index contributed by atoms with van der Waals surface area (Å²) in [5, 5.41) is 5.11. The van der Waals surface area contributed by atoms with Gasteiger partial charge in [0.15, 0.2) is 0 Å². The lowest BCUT2D eigenvalue weighted by molar-refractivity contribution is 0.425. The molecule has 0 fully saturated rings. The molecule has 0 saturated heterocycles. The van der Waals surface area contributed by atoms with Crippen molar-refractivity contribution in [2.45, 2.75) is 0 Å². The quantitative estimate of drug-likeness (QED) is 0.616. The van der Waals surface area contributed by atoms with E-state index in [1.165, 1.54) is 0 Å². The van der Waals surface area contributed by atoms with Crippen molar-refractivity contribution in [2.75, 3.05) is 32.5 Å². The average molecular weight is 340 g/mol. The lowest BCUT2D eigenvalue weighted by Crippen LogP contribution is -2.22. The molecule has 0 atom stereocenters. The van der Waals surface area contributed by atoms with Crippen LogP contribution in [0, 0.1) is 0 Å². The number of anilines is 1. The van der Waals surface area contributed by atoms with Gasteiger partial charge in [-0.3, -0.25) is 4.40 Å². The summed E-state index contributed by atoms with van der Waals surface area (Å²) in [7, 11) is 4.11. The largest absolute Gasteiger partial charge is 0.354 e. The van der Waals surface area contributed by atoms with Crippen LogP contribution in [0.25, 0.3) is 27.6 Å². The molecule has 0 aliphatic carbocycles. The van der Waals surface area contributed by atoms with Crippen LogP contribution in [0.5, 0.6) is 0 Å². The summed E-state index contributed by atoms with van der Waals surface area (Å²) in [6.45, 7) is 1.72. The molecule has 0 radical (unpaired) electrons. The number of hydrogen-bond donors (Lipinski definition) is 1. The lowest BCUT2D eigenvalue weighted by atomic mass is 10.2. The van der Waals surface area contributed by atoms with Crippen LogP contribution in [-0.4, -0.2) is 46.5 Å². The van der Waals surface area contributed by atoms with Gasteiger partial charge in [0.1, 0.15) is 5.65 Å². The monoisotopic (exact) mass is 339 g/mol. The Bertz CT molecular complexity index is 1040. The molecule has 5 nitrogen and oxygen atoms in total. The topological polar surface area (TPSA) is 45.5 Å². The van der Waals surface area contributed by atoms with E-state index >= 15 is 0 Å². The summed E-state index contributed by atoms with van der Waals surface area (Å²) in [5.41, 5.74) is 3.74. The number of fused-ring (bicyclic) bond motifs is 5. The highest BCUT2D eigenvalue weighted by atomic mass is 35.5. The van der Waals surface area contributed by atoms with E-state index in [0.717, 1.165) is 46.6 Å². The van der Waals surface area contributed by atoms with Crippen molar-refractivity contribution in [1.29, 1.82) is 0 Å². The molecule has 0 amide bonds. The fourth-order valence-electron chi connectivity index (χ4n) is 2.88. The third kappa shape index (κ3) is 2.56. The zero-order valence-electron chi connectivity index (χ0n) is 13.6. The first kappa shape index (κ1) is 15.2. The van der Waals surface area contributed by atoms with Crippen LogP contribution >= 0.6 is 11.6 Å². The molecule has 0 aliphatic rings. The van der Waals surface area contributed by atoms with Crippen LogP contribution in [0.2, 0.25) is 5.02 Å². The van der Waals surface area contributed by atoms with E-state index in [2.05, 4.69) is 34.8 Å². The van der Waals surface area contributed by atoms with Gasteiger partial charge in [0.25, 0.3) is 0 Å².